The van der Waals surface area contributed by atoms with Gasteiger partial charge >= 0.3 is 0 Å². The van der Waals surface area contributed by atoms with Crippen molar-refractivity contribution < 1.29 is 0 Å². The Morgan fingerprint density at radius 1 is 1.14 bits per heavy atom. The molecule has 0 amide bonds. The van der Waals surface area contributed by atoms with Crippen molar-refractivity contribution in [1.82, 2.24) is 15.0 Å². The van der Waals surface area contributed by atoms with Crippen LogP contribution in [0.2, 0.25) is 0 Å². The van der Waals surface area contributed by atoms with Crippen LogP contribution in [0.15, 0.2) is 24.0 Å². The largest absolute Gasteiger partial charge is 0.257 e. The Labute approximate surface area is 86.9 Å². The molecule has 14 heavy (non-hydrogen) atoms. The van der Waals surface area contributed by atoms with E-state index in [9.17, 15) is 0 Å². The van der Waals surface area contributed by atoms with Gasteiger partial charge in [-0.1, -0.05) is 13.8 Å². The first-order valence-corrected chi connectivity index (χ1v) is 5.37. The molecule has 0 aliphatic heterocycles. The third-order valence-electron chi connectivity index (χ3n) is 1.91. The van der Waals surface area contributed by atoms with E-state index in [0.717, 1.165) is 16.4 Å². The molecule has 2 heterocycles. The van der Waals surface area contributed by atoms with Crippen molar-refractivity contribution in [3.63, 3.8) is 0 Å². The quantitative estimate of drug-likeness (QED) is 0.756. The minimum Gasteiger partial charge on any atom is -0.257 e. The van der Waals surface area contributed by atoms with Gasteiger partial charge in [0.25, 0.3) is 0 Å². The Bertz CT molecular complexity index is 392. The van der Waals surface area contributed by atoms with Crippen LogP contribution >= 0.6 is 11.3 Å². The van der Waals surface area contributed by atoms with Crippen molar-refractivity contribution in [2.75, 3.05) is 0 Å². The first kappa shape index (κ1) is 9.27. The van der Waals surface area contributed by atoms with Crippen LogP contribution in [0.3, 0.4) is 0 Å². The molecule has 0 saturated heterocycles. The van der Waals surface area contributed by atoms with Gasteiger partial charge in [0.2, 0.25) is 0 Å². The van der Waals surface area contributed by atoms with Crippen molar-refractivity contribution in [2.24, 2.45) is 0 Å². The third kappa shape index (κ3) is 1.80. The highest BCUT2D eigenvalue weighted by atomic mass is 32.1. The number of rotatable bonds is 2. The zero-order chi connectivity index (χ0) is 9.97. The van der Waals surface area contributed by atoms with Crippen LogP contribution in [0.4, 0.5) is 0 Å². The van der Waals surface area contributed by atoms with E-state index in [-0.39, 0.29) is 0 Å². The maximum absolute atomic E-state index is 4.34. The molecular weight excluding hydrogens is 194 g/mol. The zero-order valence-electron chi connectivity index (χ0n) is 8.14. The molecule has 0 atom stereocenters. The van der Waals surface area contributed by atoms with Crippen molar-refractivity contribution in [2.45, 2.75) is 19.8 Å². The van der Waals surface area contributed by atoms with Gasteiger partial charge in [-0.2, -0.15) is 0 Å². The average molecular weight is 205 g/mol. The molecule has 0 unspecified atom stereocenters. The first-order valence-electron chi connectivity index (χ1n) is 4.49. The van der Waals surface area contributed by atoms with Crippen LogP contribution in [0, 0.1) is 0 Å². The minimum atomic E-state index is 0.424. The van der Waals surface area contributed by atoms with Crippen LogP contribution in [-0.4, -0.2) is 15.0 Å². The second-order valence-electron chi connectivity index (χ2n) is 3.32. The standard InChI is InChI=1S/C10H11N3S/c1-7(2)8-5-13-9(6-12-8)10-11-3-4-14-10/h3-7H,1-2H3. The van der Waals surface area contributed by atoms with E-state index in [1.807, 2.05) is 11.6 Å². The van der Waals surface area contributed by atoms with E-state index in [1.54, 1.807) is 23.7 Å². The summed E-state index contributed by atoms with van der Waals surface area (Å²) < 4.78 is 0. The summed E-state index contributed by atoms with van der Waals surface area (Å²) in [5.74, 6) is 0.424. The molecule has 4 heteroatoms. The molecule has 3 nitrogen and oxygen atoms in total. The van der Waals surface area contributed by atoms with Crippen molar-refractivity contribution in [3.8, 4) is 10.7 Å². The Hall–Kier alpha value is -1.29. The summed E-state index contributed by atoms with van der Waals surface area (Å²) in [6.07, 6.45) is 5.38. The number of thiazole rings is 1. The van der Waals surface area contributed by atoms with Gasteiger partial charge in [-0.3, -0.25) is 9.97 Å². The number of nitrogens with zero attached hydrogens (tertiary/aromatic N) is 3. The molecule has 2 aromatic rings. The van der Waals surface area contributed by atoms with Crippen LogP contribution in [0.1, 0.15) is 25.5 Å². The fourth-order valence-corrected chi connectivity index (χ4v) is 1.70. The first-order chi connectivity index (χ1) is 6.77. The molecule has 2 rings (SSSR count). The van der Waals surface area contributed by atoms with Crippen LogP contribution in [0.5, 0.6) is 0 Å². The summed E-state index contributed by atoms with van der Waals surface area (Å²) in [6, 6.07) is 0. The molecule has 0 N–H and O–H groups in total. The lowest BCUT2D eigenvalue weighted by Crippen LogP contribution is -1.94. The summed E-state index contributed by atoms with van der Waals surface area (Å²) in [4.78, 5) is 12.8. The van der Waals surface area contributed by atoms with Gasteiger partial charge in [-0.15, -0.1) is 11.3 Å². The van der Waals surface area contributed by atoms with Gasteiger partial charge in [0, 0.05) is 17.8 Å². The van der Waals surface area contributed by atoms with Gasteiger partial charge in [0.05, 0.1) is 11.9 Å². The normalized spacial score (nSPS) is 10.8. The Morgan fingerprint density at radius 3 is 2.50 bits per heavy atom. The summed E-state index contributed by atoms with van der Waals surface area (Å²) >= 11 is 1.58. The molecule has 0 spiro atoms. The highest BCUT2D eigenvalue weighted by molar-refractivity contribution is 7.13. The fraction of sp³-hybridized carbons (Fsp3) is 0.300. The third-order valence-corrected chi connectivity index (χ3v) is 2.71. The van der Waals surface area contributed by atoms with E-state index in [1.165, 1.54) is 0 Å². The summed E-state index contributed by atoms with van der Waals surface area (Å²) in [7, 11) is 0. The second-order valence-corrected chi connectivity index (χ2v) is 4.21. The maximum atomic E-state index is 4.34. The van der Waals surface area contributed by atoms with Gasteiger partial charge < -0.3 is 0 Å². The summed E-state index contributed by atoms with van der Waals surface area (Å²) in [5.41, 5.74) is 1.87. The Morgan fingerprint density at radius 2 is 2.00 bits per heavy atom. The highest BCUT2D eigenvalue weighted by Gasteiger charge is 2.04. The predicted molar refractivity (Wildman–Crippen MR) is 57.2 cm³/mol. The topological polar surface area (TPSA) is 38.7 Å². The molecule has 0 fully saturated rings. The highest BCUT2D eigenvalue weighted by Crippen LogP contribution is 2.19. The lowest BCUT2D eigenvalue weighted by atomic mass is 10.1. The molecule has 0 aliphatic rings. The van der Waals surface area contributed by atoms with Gasteiger partial charge in [-0.25, -0.2) is 4.98 Å². The van der Waals surface area contributed by atoms with Gasteiger partial charge in [0.15, 0.2) is 0 Å². The van der Waals surface area contributed by atoms with E-state index >= 15 is 0 Å². The Kier molecular flexibility index (Phi) is 2.54. The van der Waals surface area contributed by atoms with Crippen molar-refractivity contribution in [1.29, 1.82) is 0 Å². The Balaban J connectivity index is 2.31. The van der Waals surface area contributed by atoms with Gasteiger partial charge in [-0.05, 0) is 5.92 Å². The van der Waals surface area contributed by atoms with Crippen LogP contribution in [0.25, 0.3) is 10.7 Å². The van der Waals surface area contributed by atoms with Crippen molar-refractivity contribution in [3.05, 3.63) is 29.7 Å². The molecule has 0 radical (unpaired) electrons. The molecule has 0 aliphatic carbocycles. The van der Waals surface area contributed by atoms with E-state index in [4.69, 9.17) is 0 Å². The maximum Gasteiger partial charge on any atom is 0.143 e. The van der Waals surface area contributed by atoms with E-state index < -0.39 is 0 Å². The lowest BCUT2D eigenvalue weighted by molar-refractivity contribution is 0.813. The molecular formula is C10H11N3S. The summed E-state index contributed by atoms with van der Waals surface area (Å²) in [5, 5.41) is 2.86. The zero-order valence-corrected chi connectivity index (χ0v) is 8.95. The SMILES string of the molecule is CC(C)c1cnc(-c2nccs2)cn1. The molecule has 72 valence electrons. The summed E-state index contributed by atoms with van der Waals surface area (Å²) in [6.45, 7) is 4.21. The van der Waals surface area contributed by atoms with E-state index in [2.05, 4.69) is 28.8 Å². The molecule has 0 aromatic carbocycles. The monoisotopic (exact) mass is 205 g/mol. The molecule has 0 saturated carbocycles. The average Bonchev–Trinajstić information content (AvgIpc) is 2.71. The van der Waals surface area contributed by atoms with Crippen LogP contribution < -0.4 is 0 Å². The van der Waals surface area contributed by atoms with Crippen LogP contribution in [-0.2, 0) is 0 Å². The fourth-order valence-electron chi connectivity index (χ4n) is 1.10. The smallest absolute Gasteiger partial charge is 0.143 e. The number of aromatic nitrogens is 3. The molecule has 2 aromatic heterocycles. The number of hydrogen-bond acceptors (Lipinski definition) is 4. The molecule has 0 bridgehead atoms. The van der Waals surface area contributed by atoms with Gasteiger partial charge in [0.1, 0.15) is 10.7 Å². The number of hydrogen-bond donors (Lipinski definition) is 0. The van der Waals surface area contributed by atoms with E-state index in [0.29, 0.717) is 5.92 Å². The second kappa shape index (κ2) is 3.84. The minimum absolute atomic E-state index is 0.424. The predicted octanol–water partition coefficient (Wildman–Crippen LogP) is 2.72. The lowest BCUT2D eigenvalue weighted by Gasteiger charge is -2.02. The van der Waals surface area contributed by atoms with Crippen molar-refractivity contribution >= 4 is 11.3 Å².